The SMILES string of the molecule is C=C[C@H](Cc1ccccc1)NC(=O)[C@@H](N)C(C)C.Cl. The predicted octanol–water partition coefficient (Wildman–Crippen LogP) is 2.31. The van der Waals surface area contributed by atoms with Crippen LogP contribution in [-0.2, 0) is 11.2 Å². The second-order valence-corrected chi connectivity index (χ2v) is 4.81. The fourth-order valence-electron chi connectivity index (χ4n) is 1.64. The highest BCUT2D eigenvalue weighted by Crippen LogP contribution is 2.05. The molecule has 19 heavy (non-hydrogen) atoms. The van der Waals surface area contributed by atoms with Gasteiger partial charge in [-0.3, -0.25) is 4.79 Å². The summed E-state index contributed by atoms with van der Waals surface area (Å²) in [7, 11) is 0. The van der Waals surface area contributed by atoms with Crippen molar-refractivity contribution >= 4 is 18.3 Å². The summed E-state index contributed by atoms with van der Waals surface area (Å²) in [5.74, 6) is 0.0121. The van der Waals surface area contributed by atoms with Crippen molar-refractivity contribution in [1.29, 1.82) is 0 Å². The van der Waals surface area contributed by atoms with Crippen molar-refractivity contribution in [3.63, 3.8) is 0 Å². The molecule has 0 radical (unpaired) electrons. The first-order chi connectivity index (χ1) is 8.54. The average molecular weight is 283 g/mol. The van der Waals surface area contributed by atoms with Crippen LogP contribution in [0.2, 0.25) is 0 Å². The fraction of sp³-hybridized carbons (Fsp3) is 0.400. The largest absolute Gasteiger partial charge is 0.348 e. The zero-order valence-corrected chi connectivity index (χ0v) is 12.3. The molecule has 1 aromatic rings. The van der Waals surface area contributed by atoms with Crippen LogP contribution >= 0.6 is 12.4 Å². The molecule has 4 heteroatoms. The van der Waals surface area contributed by atoms with Gasteiger partial charge in [-0.1, -0.05) is 50.3 Å². The summed E-state index contributed by atoms with van der Waals surface area (Å²) >= 11 is 0. The van der Waals surface area contributed by atoms with Crippen LogP contribution in [0, 0.1) is 5.92 Å². The maximum Gasteiger partial charge on any atom is 0.237 e. The first-order valence-corrected chi connectivity index (χ1v) is 6.27. The van der Waals surface area contributed by atoms with Crippen LogP contribution in [0.25, 0.3) is 0 Å². The Bertz CT molecular complexity index is 392. The minimum absolute atomic E-state index is 0. The van der Waals surface area contributed by atoms with Crippen molar-refractivity contribution in [2.45, 2.75) is 32.4 Å². The Kier molecular flexibility index (Phi) is 8.12. The first kappa shape index (κ1) is 17.7. The monoisotopic (exact) mass is 282 g/mol. The third-order valence-corrected chi connectivity index (χ3v) is 2.93. The molecule has 106 valence electrons. The van der Waals surface area contributed by atoms with Gasteiger partial charge in [-0.15, -0.1) is 19.0 Å². The summed E-state index contributed by atoms with van der Waals surface area (Å²) in [6, 6.07) is 9.46. The highest BCUT2D eigenvalue weighted by Gasteiger charge is 2.19. The number of hydrogen-bond acceptors (Lipinski definition) is 2. The highest BCUT2D eigenvalue weighted by atomic mass is 35.5. The van der Waals surface area contributed by atoms with E-state index < -0.39 is 6.04 Å². The quantitative estimate of drug-likeness (QED) is 0.787. The molecule has 0 unspecified atom stereocenters. The minimum Gasteiger partial charge on any atom is -0.348 e. The summed E-state index contributed by atoms with van der Waals surface area (Å²) in [6.07, 6.45) is 2.48. The van der Waals surface area contributed by atoms with E-state index in [1.165, 1.54) is 5.56 Å². The lowest BCUT2D eigenvalue weighted by Gasteiger charge is -2.20. The normalized spacial score (nSPS) is 13.3. The molecule has 0 heterocycles. The molecule has 0 fully saturated rings. The first-order valence-electron chi connectivity index (χ1n) is 6.27. The summed E-state index contributed by atoms with van der Waals surface area (Å²) in [4.78, 5) is 11.9. The average Bonchev–Trinajstić information content (AvgIpc) is 2.37. The van der Waals surface area contributed by atoms with Gasteiger partial charge in [-0.2, -0.15) is 0 Å². The van der Waals surface area contributed by atoms with Crippen molar-refractivity contribution in [2.24, 2.45) is 11.7 Å². The molecule has 3 nitrogen and oxygen atoms in total. The molecule has 0 aromatic heterocycles. The number of rotatable bonds is 6. The molecule has 0 saturated heterocycles. The van der Waals surface area contributed by atoms with Gasteiger partial charge >= 0.3 is 0 Å². The van der Waals surface area contributed by atoms with Crippen molar-refractivity contribution in [2.75, 3.05) is 0 Å². The maximum atomic E-state index is 11.9. The van der Waals surface area contributed by atoms with E-state index in [0.717, 1.165) is 6.42 Å². The van der Waals surface area contributed by atoms with Gasteiger partial charge in [0, 0.05) is 0 Å². The van der Waals surface area contributed by atoms with E-state index in [4.69, 9.17) is 5.73 Å². The molecule has 0 aliphatic rings. The standard InChI is InChI=1S/C15H22N2O.ClH/c1-4-13(10-12-8-6-5-7-9-12)17-15(18)14(16)11(2)3;/h4-9,11,13-14H,1,10,16H2,2-3H3,(H,17,18);1H/t13-,14+;/m1./s1. The van der Waals surface area contributed by atoms with Gasteiger partial charge in [-0.25, -0.2) is 0 Å². The molecule has 2 atom stereocenters. The number of hydrogen-bond donors (Lipinski definition) is 2. The molecule has 0 bridgehead atoms. The number of benzene rings is 1. The number of carbonyl (C=O) groups excluding carboxylic acids is 1. The van der Waals surface area contributed by atoms with Crippen LogP contribution < -0.4 is 11.1 Å². The molecule has 0 aliphatic heterocycles. The Balaban J connectivity index is 0.00000324. The van der Waals surface area contributed by atoms with Gasteiger partial charge in [0.2, 0.25) is 5.91 Å². The van der Waals surface area contributed by atoms with Crippen LogP contribution in [0.3, 0.4) is 0 Å². The molecule has 1 amide bonds. The second kappa shape index (κ2) is 8.73. The van der Waals surface area contributed by atoms with Gasteiger partial charge < -0.3 is 11.1 Å². The molecule has 1 aromatic carbocycles. The Labute approximate surface area is 121 Å². The Morgan fingerprint density at radius 2 is 1.95 bits per heavy atom. The number of halogens is 1. The molecule has 3 N–H and O–H groups in total. The number of nitrogens with two attached hydrogens (primary N) is 1. The summed E-state index contributed by atoms with van der Waals surface area (Å²) in [5, 5.41) is 2.91. The lowest BCUT2D eigenvalue weighted by molar-refractivity contribution is -0.123. The van der Waals surface area contributed by atoms with Crippen LogP contribution in [0.15, 0.2) is 43.0 Å². The number of nitrogens with one attached hydrogen (secondary N) is 1. The Morgan fingerprint density at radius 3 is 2.42 bits per heavy atom. The molecule has 0 aliphatic carbocycles. The lowest BCUT2D eigenvalue weighted by atomic mass is 10.0. The van der Waals surface area contributed by atoms with E-state index in [1.54, 1.807) is 6.08 Å². The third-order valence-electron chi connectivity index (χ3n) is 2.93. The second-order valence-electron chi connectivity index (χ2n) is 4.81. The van der Waals surface area contributed by atoms with Gasteiger partial charge in [0.15, 0.2) is 0 Å². The van der Waals surface area contributed by atoms with Crippen LogP contribution in [0.1, 0.15) is 19.4 Å². The number of carbonyl (C=O) groups is 1. The molecular formula is C15H23ClN2O. The zero-order valence-electron chi connectivity index (χ0n) is 11.5. The lowest BCUT2D eigenvalue weighted by Crippen LogP contribution is -2.47. The summed E-state index contributed by atoms with van der Waals surface area (Å²) in [6.45, 7) is 7.63. The van der Waals surface area contributed by atoms with E-state index >= 15 is 0 Å². The van der Waals surface area contributed by atoms with Crippen molar-refractivity contribution < 1.29 is 4.79 Å². The van der Waals surface area contributed by atoms with Gasteiger partial charge in [-0.05, 0) is 17.9 Å². The molecule has 1 rings (SSSR count). The van der Waals surface area contributed by atoms with Crippen molar-refractivity contribution in [3.05, 3.63) is 48.6 Å². The maximum absolute atomic E-state index is 11.9. The van der Waals surface area contributed by atoms with Crippen molar-refractivity contribution in [3.8, 4) is 0 Å². The topological polar surface area (TPSA) is 55.1 Å². The third kappa shape index (κ3) is 5.90. The minimum atomic E-state index is -0.469. The van der Waals surface area contributed by atoms with E-state index in [2.05, 4.69) is 11.9 Å². The molecular weight excluding hydrogens is 260 g/mol. The Hall–Kier alpha value is -1.32. The van der Waals surface area contributed by atoms with Gasteiger partial charge in [0.1, 0.15) is 0 Å². The molecule has 0 spiro atoms. The fourth-order valence-corrected chi connectivity index (χ4v) is 1.64. The van der Waals surface area contributed by atoms with E-state index in [1.807, 2.05) is 44.2 Å². The van der Waals surface area contributed by atoms with Crippen LogP contribution in [-0.4, -0.2) is 18.0 Å². The van der Waals surface area contributed by atoms with E-state index in [0.29, 0.717) is 0 Å². The predicted molar refractivity (Wildman–Crippen MR) is 82.3 cm³/mol. The smallest absolute Gasteiger partial charge is 0.237 e. The van der Waals surface area contributed by atoms with Crippen LogP contribution in [0.5, 0.6) is 0 Å². The van der Waals surface area contributed by atoms with E-state index in [-0.39, 0.29) is 30.3 Å². The Morgan fingerprint density at radius 1 is 1.37 bits per heavy atom. The van der Waals surface area contributed by atoms with Crippen LogP contribution in [0.4, 0.5) is 0 Å². The van der Waals surface area contributed by atoms with Gasteiger partial charge in [0.25, 0.3) is 0 Å². The van der Waals surface area contributed by atoms with Crippen molar-refractivity contribution in [1.82, 2.24) is 5.32 Å². The van der Waals surface area contributed by atoms with E-state index in [9.17, 15) is 4.79 Å². The number of amides is 1. The zero-order chi connectivity index (χ0) is 13.5. The highest BCUT2D eigenvalue weighted by molar-refractivity contribution is 5.85. The van der Waals surface area contributed by atoms with Gasteiger partial charge in [0.05, 0.1) is 12.1 Å². The molecule has 0 saturated carbocycles. The summed E-state index contributed by atoms with van der Waals surface area (Å²) in [5.41, 5.74) is 6.98. The summed E-state index contributed by atoms with van der Waals surface area (Å²) < 4.78 is 0.